The van der Waals surface area contributed by atoms with Crippen LogP contribution in [0.3, 0.4) is 0 Å². The Labute approximate surface area is 156 Å². The van der Waals surface area contributed by atoms with E-state index < -0.39 is 31.9 Å². The van der Waals surface area contributed by atoms with Gasteiger partial charge in [-0.25, -0.2) is 16.8 Å². The number of halogens is 1. The number of rotatable bonds is 6. The molecule has 0 amide bonds. The third-order valence-electron chi connectivity index (χ3n) is 3.59. The van der Waals surface area contributed by atoms with Crippen LogP contribution in [-0.2, 0) is 24.7 Å². The van der Waals surface area contributed by atoms with Gasteiger partial charge in [0.05, 0.1) is 14.7 Å². The fourth-order valence-electron chi connectivity index (χ4n) is 2.13. The number of aliphatic carboxylic acids is 1. The minimum absolute atomic E-state index is 0.0408. The Morgan fingerprint density at radius 3 is 2.12 bits per heavy atom. The van der Waals surface area contributed by atoms with Crippen molar-refractivity contribution in [2.45, 2.75) is 34.6 Å². The topological polar surface area (TPSA) is 118 Å². The first kappa shape index (κ1) is 20.4. The van der Waals surface area contributed by atoms with Crippen molar-refractivity contribution in [2.75, 3.05) is 0 Å². The van der Waals surface area contributed by atoms with Gasteiger partial charge in [-0.2, -0.15) is 4.72 Å². The zero-order chi connectivity index (χ0) is 19.7. The second-order valence-electron chi connectivity index (χ2n) is 5.57. The Morgan fingerprint density at radius 1 is 1.04 bits per heavy atom. The average Bonchev–Trinajstić information content (AvgIpc) is 2.54. The van der Waals surface area contributed by atoms with E-state index in [0.717, 1.165) is 6.07 Å². The summed E-state index contributed by atoms with van der Waals surface area (Å²) >= 11 is 5.76. The number of hydrogen-bond donors (Lipinski definition) is 2. The largest absolute Gasteiger partial charge is 0.480 e. The van der Waals surface area contributed by atoms with Crippen LogP contribution in [0.15, 0.2) is 57.2 Å². The maximum Gasteiger partial charge on any atom is 0.321 e. The van der Waals surface area contributed by atoms with E-state index in [1.165, 1.54) is 50.2 Å². The van der Waals surface area contributed by atoms with E-state index in [1.807, 2.05) is 4.72 Å². The molecule has 7 nitrogen and oxygen atoms in total. The molecule has 140 valence electrons. The summed E-state index contributed by atoms with van der Waals surface area (Å²) < 4.78 is 52.3. The number of hydrogen-bond acceptors (Lipinski definition) is 5. The number of nitrogens with one attached hydrogen (secondary N) is 1. The summed E-state index contributed by atoms with van der Waals surface area (Å²) in [4.78, 5) is 10.3. The Balaban J connectivity index is 2.53. The second-order valence-corrected chi connectivity index (χ2v) is 9.63. The molecule has 0 spiro atoms. The van der Waals surface area contributed by atoms with Gasteiger partial charge in [0.15, 0.2) is 0 Å². The molecule has 0 aliphatic rings. The van der Waals surface area contributed by atoms with Gasteiger partial charge < -0.3 is 5.11 Å². The lowest BCUT2D eigenvalue weighted by Gasteiger charge is -2.14. The van der Waals surface area contributed by atoms with Crippen molar-refractivity contribution in [3.05, 3.63) is 53.1 Å². The van der Waals surface area contributed by atoms with Crippen LogP contribution < -0.4 is 4.72 Å². The van der Waals surface area contributed by atoms with Crippen LogP contribution in [0.4, 0.5) is 0 Å². The normalized spacial score (nSPS) is 13.3. The number of sulfonamides is 1. The van der Waals surface area contributed by atoms with Crippen molar-refractivity contribution in [3.63, 3.8) is 0 Å². The quantitative estimate of drug-likeness (QED) is 0.744. The number of sulfone groups is 1. The van der Waals surface area contributed by atoms with E-state index in [-0.39, 0.29) is 20.2 Å². The highest BCUT2D eigenvalue weighted by atomic mass is 35.5. The lowest BCUT2D eigenvalue weighted by Crippen LogP contribution is -2.38. The summed E-state index contributed by atoms with van der Waals surface area (Å²) in [5.41, 5.74) is 0.283. The third-order valence-corrected chi connectivity index (χ3v) is 7.29. The van der Waals surface area contributed by atoms with Crippen molar-refractivity contribution in [1.82, 2.24) is 4.72 Å². The average molecular weight is 418 g/mol. The molecule has 0 unspecified atom stereocenters. The minimum atomic E-state index is -4.22. The molecule has 0 saturated heterocycles. The van der Waals surface area contributed by atoms with E-state index in [0.29, 0.717) is 5.02 Å². The van der Waals surface area contributed by atoms with Gasteiger partial charge in [-0.15, -0.1) is 0 Å². The molecule has 10 heteroatoms. The fraction of sp³-hybridized carbons (Fsp3) is 0.188. The summed E-state index contributed by atoms with van der Waals surface area (Å²) in [5, 5.41) is 9.25. The van der Waals surface area contributed by atoms with E-state index >= 15 is 0 Å². The number of carbonyl (C=O) groups is 1. The van der Waals surface area contributed by atoms with Gasteiger partial charge in [-0.05, 0) is 55.8 Å². The molecule has 2 aromatic rings. The molecule has 2 aromatic carbocycles. The predicted octanol–water partition coefficient (Wildman–Crippen LogP) is 2.23. The van der Waals surface area contributed by atoms with Gasteiger partial charge in [-0.1, -0.05) is 17.7 Å². The molecule has 2 rings (SSSR count). The SMILES string of the molecule is Cc1ccc(S(=O)(=O)c2ccc(Cl)cc2)cc1S(=O)(=O)N[C@@H](C)C(=O)O. The van der Waals surface area contributed by atoms with Crippen LogP contribution in [0.1, 0.15) is 12.5 Å². The van der Waals surface area contributed by atoms with Crippen LogP contribution in [0, 0.1) is 6.92 Å². The van der Waals surface area contributed by atoms with Crippen molar-refractivity contribution < 1.29 is 26.7 Å². The van der Waals surface area contributed by atoms with Gasteiger partial charge in [0.2, 0.25) is 19.9 Å². The molecule has 0 fully saturated rings. The van der Waals surface area contributed by atoms with E-state index in [4.69, 9.17) is 16.7 Å². The van der Waals surface area contributed by atoms with E-state index in [9.17, 15) is 21.6 Å². The zero-order valence-corrected chi connectivity index (χ0v) is 16.2. The highest BCUT2D eigenvalue weighted by molar-refractivity contribution is 7.91. The standard InChI is InChI=1S/C16H16ClNO6S2/c1-10-3-6-14(25(21,22)13-7-4-12(17)5-8-13)9-15(10)26(23,24)18-11(2)16(19)20/h3-9,11,18H,1-2H3,(H,19,20)/t11-/m0/s1. The molecule has 0 heterocycles. The number of carboxylic acids is 1. The highest BCUT2D eigenvalue weighted by Crippen LogP contribution is 2.26. The molecule has 0 radical (unpaired) electrons. The van der Waals surface area contributed by atoms with Crippen LogP contribution in [0.25, 0.3) is 0 Å². The summed E-state index contributed by atoms with van der Waals surface area (Å²) in [5.74, 6) is -1.35. The monoisotopic (exact) mass is 417 g/mol. The summed E-state index contributed by atoms with van der Waals surface area (Å²) in [7, 11) is -8.19. The molecule has 0 aliphatic heterocycles. The molecule has 2 N–H and O–H groups in total. The van der Waals surface area contributed by atoms with Gasteiger partial charge in [-0.3, -0.25) is 4.79 Å². The minimum Gasteiger partial charge on any atom is -0.480 e. The van der Waals surface area contributed by atoms with E-state index in [2.05, 4.69) is 0 Å². The van der Waals surface area contributed by atoms with Crippen LogP contribution in [-0.4, -0.2) is 34.0 Å². The lowest BCUT2D eigenvalue weighted by molar-refractivity contribution is -0.138. The zero-order valence-electron chi connectivity index (χ0n) is 13.8. The second kappa shape index (κ2) is 7.36. The fourth-order valence-corrected chi connectivity index (χ4v) is 5.09. The van der Waals surface area contributed by atoms with Crippen LogP contribution >= 0.6 is 11.6 Å². The molecule has 0 aromatic heterocycles. The molecule has 0 saturated carbocycles. The molecule has 0 aliphatic carbocycles. The smallest absolute Gasteiger partial charge is 0.321 e. The first-order chi connectivity index (χ1) is 11.9. The maximum absolute atomic E-state index is 12.7. The van der Waals surface area contributed by atoms with Gasteiger partial charge in [0.25, 0.3) is 0 Å². The van der Waals surface area contributed by atoms with Crippen molar-refractivity contribution in [2.24, 2.45) is 0 Å². The Hall–Kier alpha value is -1.94. The first-order valence-corrected chi connectivity index (χ1v) is 10.7. The molecular weight excluding hydrogens is 402 g/mol. The van der Waals surface area contributed by atoms with Crippen molar-refractivity contribution in [1.29, 1.82) is 0 Å². The lowest BCUT2D eigenvalue weighted by atomic mass is 10.2. The highest BCUT2D eigenvalue weighted by Gasteiger charge is 2.26. The number of aryl methyl sites for hydroxylation is 1. The van der Waals surface area contributed by atoms with Gasteiger partial charge >= 0.3 is 5.97 Å². The summed E-state index contributed by atoms with van der Waals surface area (Å²) in [6, 6.07) is 7.74. The van der Waals surface area contributed by atoms with Crippen LogP contribution in [0.2, 0.25) is 5.02 Å². The molecular formula is C16H16ClNO6S2. The van der Waals surface area contributed by atoms with Crippen molar-refractivity contribution in [3.8, 4) is 0 Å². The molecule has 26 heavy (non-hydrogen) atoms. The van der Waals surface area contributed by atoms with E-state index in [1.54, 1.807) is 0 Å². The summed E-state index contributed by atoms with van der Waals surface area (Å²) in [6.07, 6.45) is 0. The predicted molar refractivity (Wildman–Crippen MR) is 95.5 cm³/mol. The van der Waals surface area contributed by atoms with Crippen LogP contribution in [0.5, 0.6) is 0 Å². The van der Waals surface area contributed by atoms with Gasteiger partial charge in [0.1, 0.15) is 6.04 Å². The Bertz CT molecular complexity index is 1050. The molecule has 1 atom stereocenters. The Kier molecular flexibility index (Phi) is 5.76. The van der Waals surface area contributed by atoms with Gasteiger partial charge in [0, 0.05) is 5.02 Å². The first-order valence-electron chi connectivity index (χ1n) is 7.31. The molecule has 0 bridgehead atoms. The number of carboxylic acid groups (broad SMARTS) is 1. The number of benzene rings is 2. The summed E-state index contributed by atoms with van der Waals surface area (Å²) in [6.45, 7) is 2.65. The third kappa shape index (κ3) is 4.24. The Morgan fingerprint density at radius 2 is 1.58 bits per heavy atom. The van der Waals surface area contributed by atoms with Crippen molar-refractivity contribution >= 4 is 37.4 Å². The maximum atomic E-state index is 12.7.